The van der Waals surface area contributed by atoms with Crippen LogP contribution in [0.2, 0.25) is 0 Å². The van der Waals surface area contributed by atoms with Gasteiger partial charge in [-0.05, 0) is 85.8 Å². The summed E-state index contributed by atoms with van der Waals surface area (Å²) in [5.74, 6) is 1.85. The molecule has 2 heterocycles. The molecule has 69 heavy (non-hydrogen) atoms. The molecule has 10 aromatic carbocycles. The summed E-state index contributed by atoms with van der Waals surface area (Å²) < 4.78 is 2.43. The molecule has 0 saturated carbocycles. The molecule has 0 radical (unpaired) electrons. The van der Waals surface area contributed by atoms with E-state index in [2.05, 4.69) is 236 Å². The molecule has 12 rings (SSSR count). The Morgan fingerprint density at radius 1 is 0.304 bits per heavy atom. The third-order valence-electron chi connectivity index (χ3n) is 13.6. The zero-order valence-electron chi connectivity index (χ0n) is 38.1. The largest absolute Gasteiger partial charge is 0.309 e. The number of nitrogens with zero attached hydrogens (tertiary/aromatic N) is 4. The molecule has 326 valence electrons. The van der Waals surface area contributed by atoms with E-state index in [9.17, 15) is 0 Å². The van der Waals surface area contributed by atoms with Gasteiger partial charge in [0.1, 0.15) is 0 Å². The standard InChI is InChI=1S/C64H46N4Si/c1-45-22-17-18-35-55(45)49-38-40-57-56-36-19-20-37-60(56)68(61(57)43-49)50-39-41-58(64-66-62(46-23-7-2-8-24-46)65-63(67-64)47-25-9-3-10-26-47)59(44-50)48-27-21-34-54(42-48)69(51-28-11-4-12-29-51,52-30-13-5-14-31-52)53-32-15-6-16-33-53/h2-44H,1H3. The molecule has 0 aliphatic heterocycles. The zero-order chi connectivity index (χ0) is 46.2. The van der Waals surface area contributed by atoms with Crippen molar-refractivity contribution in [3.8, 4) is 62.1 Å². The summed E-state index contributed by atoms with van der Waals surface area (Å²) >= 11 is 0. The van der Waals surface area contributed by atoms with E-state index in [1.807, 2.05) is 36.4 Å². The van der Waals surface area contributed by atoms with E-state index in [1.165, 1.54) is 48.2 Å². The van der Waals surface area contributed by atoms with Crippen molar-refractivity contribution in [2.24, 2.45) is 0 Å². The lowest BCUT2D eigenvalue weighted by molar-refractivity contribution is 1.07. The SMILES string of the molecule is Cc1ccccc1-c1ccc2c3ccccc3n(-c3ccc(-c4nc(-c5ccccc5)nc(-c5ccccc5)n4)c(-c4cccc([Si](c5ccccc5)(c5ccccc5)c5ccccc5)c4)c3)c2c1. The van der Waals surface area contributed by atoms with Gasteiger partial charge < -0.3 is 4.57 Å². The predicted octanol–water partition coefficient (Wildman–Crippen LogP) is 13.0. The van der Waals surface area contributed by atoms with Crippen molar-refractivity contribution >= 4 is 50.6 Å². The van der Waals surface area contributed by atoms with Gasteiger partial charge >= 0.3 is 0 Å². The van der Waals surface area contributed by atoms with Crippen LogP contribution in [0.25, 0.3) is 83.9 Å². The molecule has 0 N–H and O–H groups in total. The first-order valence-electron chi connectivity index (χ1n) is 23.5. The van der Waals surface area contributed by atoms with Crippen LogP contribution in [-0.2, 0) is 0 Å². The van der Waals surface area contributed by atoms with Crippen molar-refractivity contribution < 1.29 is 0 Å². The lowest BCUT2D eigenvalue weighted by atomic mass is 9.97. The van der Waals surface area contributed by atoms with Gasteiger partial charge in [0, 0.05) is 33.2 Å². The molecule has 0 amide bonds. The molecule has 0 spiro atoms. The Kier molecular flexibility index (Phi) is 10.7. The Balaban J connectivity index is 1.15. The summed E-state index contributed by atoms with van der Waals surface area (Å²) in [5, 5.41) is 7.66. The highest BCUT2D eigenvalue weighted by Gasteiger charge is 2.41. The molecule has 0 saturated heterocycles. The van der Waals surface area contributed by atoms with Crippen molar-refractivity contribution in [2.45, 2.75) is 6.92 Å². The third-order valence-corrected chi connectivity index (χ3v) is 18.3. The fourth-order valence-electron chi connectivity index (χ4n) is 10.3. The second-order valence-electron chi connectivity index (χ2n) is 17.6. The first kappa shape index (κ1) is 41.6. The first-order valence-corrected chi connectivity index (χ1v) is 25.5. The Morgan fingerprint density at radius 3 is 1.39 bits per heavy atom. The monoisotopic (exact) mass is 898 g/mol. The minimum Gasteiger partial charge on any atom is -0.309 e. The molecular weight excluding hydrogens is 853 g/mol. The third kappa shape index (κ3) is 7.46. The average Bonchev–Trinajstić information content (AvgIpc) is 3.76. The van der Waals surface area contributed by atoms with Crippen LogP contribution < -0.4 is 20.7 Å². The van der Waals surface area contributed by atoms with Crippen LogP contribution in [-0.4, -0.2) is 27.6 Å². The fourth-order valence-corrected chi connectivity index (χ4v) is 15.1. The van der Waals surface area contributed by atoms with Gasteiger partial charge in [-0.15, -0.1) is 0 Å². The van der Waals surface area contributed by atoms with Crippen molar-refractivity contribution in [1.82, 2.24) is 19.5 Å². The van der Waals surface area contributed by atoms with Crippen molar-refractivity contribution in [3.63, 3.8) is 0 Å². The summed E-state index contributed by atoms with van der Waals surface area (Å²) in [6.07, 6.45) is 0. The Hall–Kier alpha value is -8.77. The van der Waals surface area contributed by atoms with Gasteiger partial charge in [0.05, 0.1) is 11.0 Å². The average molecular weight is 899 g/mol. The number of para-hydroxylation sites is 1. The molecule has 5 heteroatoms. The van der Waals surface area contributed by atoms with E-state index >= 15 is 0 Å². The highest BCUT2D eigenvalue weighted by Crippen LogP contribution is 2.39. The molecule has 12 aromatic rings. The summed E-state index contributed by atoms with van der Waals surface area (Å²) in [5.41, 5.74) is 11.9. The molecule has 0 bridgehead atoms. The van der Waals surface area contributed by atoms with Crippen LogP contribution in [0.3, 0.4) is 0 Å². The summed E-state index contributed by atoms with van der Waals surface area (Å²) in [6, 6.07) is 94.2. The number of aromatic nitrogens is 4. The van der Waals surface area contributed by atoms with Crippen LogP contribution in [0.1, 0.15) is 5.56 Å². The van der Waals surface area contributed by atoms with Gasteiger partial charge in [-0.25, -0.2) is 15.0 Å². The van der Waals surface area contributed by atoms with E-state index in [0.29, 0.717) is 17.5 Å². The van der Waals surface area contributed by atoms with Gasteiger partial charge in [-0.1, -0.05) is 231 Å². The van der Waals surface area contributed by atoms with E-state index in [-0.39, 0.29) is 0 Å². The quantitative estimate of drug-likeness (QED) is 0.101. The second-order valence-corrected chi connectivity index (χ2v) is 21.4. The smallest absolute Gasteiger partial charge is 0.179 e. The molecule has 4 nitrogen and oxygen atoms in total. The van der Waals surface area contributed by atoms with Crippen LogP contribution in [0.4, 0.5) is 0 Å². The zero-order valence-corrected chi connectivity index (χ0v) is 39.1. The summed E-state index contributed by atoms with van der Waals surface area (Å²) in [4.78, 5) is 15.7. The van der Waals surface area contributed by atoms with Gasteiger partial charge in [0.25, 0.3) is 0 Å². The highest BCUT2D eigenvalue weighted by molar-refractivity contribution is 7.19. The number of rotatable bonds is 10. The molecule has 0 aliphatic carbocycles. The van der Waals surface area contributed by atoms with E-state index in [4.69, 9.17) is 15.0 Å². The van der Waals surface area contributed by atoms with Crippen LogP contribution in [0.15, 0.2) is 261 Å². The highest BCUT2D eigenvalue weighted by atomic mass is 28.3. The van der Waals surface area contributed by atoms with Crippen molar-refractivity contribution in [1.29, 1.82) is 0 Å². The predicted molar refractivity (Wildman–Crippen MR) is 290 cm³/mol. The van der Waals surface area contributed by atoms with E-state index in [0.717, 1.165) is 44.5 Å². The summed E-state index contributed by atoms with van der Waals surface area (Å²) in [7, 11) is -2.90. The summed E-state index contributed by atoms with van der Waals surface area (Å²) in [6.45, 7) is 2.19. The molecular formula is C64H46N4Si. The van der Waals surface area contributed by atoms with Crippen molar-refractivity contribution in [2.75, 3.05) is 0 Å². The molecule has 0 aliphatic rings. The van der Waals surface area contributed by atoms with Gasteiger partial charge in [-0.2, -0.15) is 0 Å². The van der Waals surface area contributed by atoms with E-state index < -0.39 is 8.07 Å². The number of aryl methyl sites for hydroxylation is 1. The van der Waals surface area contributed by atoms with Crippen LogP contribution >= 0.6 is 0 Å². The molecule has 0 unspecified atom stereocenters. The second kappa shape index (κ2) is 17.8. The number of benzene rings is 10. The lowest BCUT2D eigenvalue weighted by Crippen LogP contribution is -2.74. The fraction of sp³-hybridized carbons (Fsp3) is 0.0156. The van der Waals surface area contributed by atoms with Crippen LogP contribution in [0.5, 0.6) is 0 Å². The van der Waals surface area contributed by atoms with Crippen molar-refractivity contribution in [3.05, 3.63) is 266 Å². The molecule has 0 atom stereocenters. The number of hydrogen-bond donors (Lipinski definition) is 0. The van der Waals surface area contributed by atoms with E-state index in [1.54, 1.807) is 0 Å². The maximum Gasteiger partial charge on any atom is 0.179 e. The minimum atomic E-state index is -2.90. The van der Waals surface area contributed by atoms with Gasteiger partial charge in [-0.3, -0.25) is 0 Å². The van der Waals surface area contributed by atoms with Gasteiger partial charge in [0.2, 0.25) is 0 Å². The maximum atomic E-state index is 5.32. The Bertz CT molecular complexity index is 3620. The normalized spacial score (nSPS) is 11.6. The first-order chi connectivity index (χ1) is 34.1. The number of hydrogen-bond acceptors (Lipinski definition) is 3. The Morgan fingerprint density at radius 2 is 0.783 bits per heavy atom. The topological polar surface area (TPSA) is 43.6 Å². The van der Waals surface area contributed by atoms with Gasteiger partial charge in [0.15, 0.2) is 25.5 Å². The Labute approximate surface area is 403 Å². The number of fused-ring (bicyclic) bond motifs is 3. The maximum absolute atomic E-state index is 5.32. The molecule has 2 aromatic heterocycles. The minimum absolute atomic E-state index is 0.608. The van der Waals surface area contributed by atoms with Crippen LogP contribution in [0, 0.1) is 6.92 Å². The molecule has 0 fully saturated rings. The lowest BCUT2D eigenvalue weighted by Gasteiger charge is -2.34.